The topological polar surface area (TPSA) is 53.8 Å². The Kier molecular flexibility index (Phi) is 12.1. The average Bonchev–Trinajstić information content (AvgIpc) is 3.35. The van der Waals surface area contributed by atoms with Crippen molar-refractivity contribution in [2.45, 2.75) is 27.2 Å². The van der Waals surface area contributed by atoms with E-state index >= 15 is 0 Å². The number of rotatable bonds is 9. The van der Waals surface area contributed by atoms with Gasteiger partial charge in [-0.1, -0.05) is 42.5 Å². The van der Waals surface area contributed by atoms with Gasteiger partial charge in [0.1, 0.15) is 17.3 Å². The monoisotopic (exact) mass is 623 g/mol. The smallest absolute Gasteiger partial charge is 0.274 e. The van der Waals surface area contributed by atoms with Crippen LogP contribution in [0.15, 0.2) is 72.8 Å². The number of imidazole rings is 1. The summed E-state index contributed by atoms with van der Waals surface area (Å²) in [6.45, 7) is 12.2. The van der Waals surface area contributed by atoms with Crippen molar-refractivity contribution in [2.75, 3.05) is 58.3 Å². The molecule has 43 heavy (non-hydrogen) atoms. The maximum absolute atomic E-state index is 13.6. The van der Waals surface area contributed by atoms with E-state index in [2.05, 4.69) is 46.4 Å². The molecule has 0 radical (unpaired) electrons. The van der Waals surface area contributed by atoms with E-state index in [1.807, 2.05) is 73.5 Å². The van der Waals surface area contributed by atoms with Crippen molar-refractivity contribution in [1.29, 1.82) is 0 Å². The van der Waals surface area contributed by atoms with Gasteiger partial charge < -0.3 is 14.5 Å². The minimum Gasteiger partial charge on any atom is -0.497 e. The molecule has 0 bridgehead atoms. The van der Waals surface area contributed by atoms with E-state index in [-0.39, 0.29) is 30.7 Å². The van der Waals surface area contributed by atoms with Crippen molar-refractivity contribution >= 4 is 36.4 Å². The molecule has 1 aliphatic rings. The van der Waals surface area contributed by atoms with Crippen LogP contribution in [0.2, 0.25) is 0 Å². The lowest BCUT2D eigenvalue weighted by Gasteiger charge is -2.37. The molecule has 1 saturated heterocycles. The van der Waals surface area contributed by atoms with Gasteiger partial charge in [0, 0.05) is 56.7 Å². The number of carbonyl (C=O) groups excluding carboxylic acids is 1. The molecule has 1 amide bonds. The first-order chi connectivity index (χ1) is 19.9. The number of hydrogen-bond acceptors (Lipinski definition) is 5. The van der Waals surface area contributed by atoms with E-state index in [9.17, 15) is 4.79 Å². The Morgan fingerprint density at radius 1 is 0.884 bits per heavy atom. The fraction of sp³-hybridized carbons (Fsp3) is 0.353. The number of amides is 1. The first-order valence-electron chi connectivity index (χ1n) is 14.5. The Morgan fingerprint density at radius 3 is 2.21 bits per heavy atom. The molecule has 230 valence electrons. The highest BCUT2D eigenvalue weighted by Gasteiger charge is 2.24. The number of anilines is 1. The van der Waals surface area contributed by atoms with Crippen molar-refractivity contribution in [2.24, 2.45) is 0 Å². The van der Waals surface area contributed by atoms with Crippen LogP contribution in [0.1, 0.15) is 33.7 Å². The van der Waals surface area contributed by atoms with Crippen LogP contribution < -0.4 is 9.64 Å². The van der Waals surface area contributed by atoms with Gasteiger partial charge in [-0.25, -0.2) is 4.98 Å². The highest BCUT2D eigenvalue weighted by Crippen LogP contribution is 2.28. The molecule has 7 nitrogen and oxygen atoms in total. The van der Waals surface area contributed by atoms with Crippen molar-refractivity contribution in [3.63, 3.8) is 0 Å². The van der Waals surface area contributed by atoms with Crippen molar-refractivity contribution in [3.05, 3.63) is 95.3 Å². The molecule has 0 N–H and O–H groups in total. The van der Waals surface area contributed by atoms with E-state index in [1.54, 1.807) is 7.11 Å². The molecule has 4 aromatic rings. The van der Waals surface area contributed by atoms with Gasteiger partial charge in [-0.2, -0.15) is 0 Å². The molecule has 5 rings (SSSR count). The zero-order valence-electron chi connectivity index (χ0n) is 25.7. The van der Waals surface area contributed by atoms with Gasteiger partial charge in [0.05, 0.1) is 12.8 Å². The molecule has 0 aliphatic carbocycles. The second-order valence-corrected chi connectivity index (χ2v) is 10.9. The highest BCUT2D eigenvalue weighted by atomic mass is 35.5. The Hall–Kier alpha value is -3.52. The maximum atomic E-state index is 13.6. The predicted molar refractivity (Wildman–Crippen MR) is 181 cm³/mol. The lowest BCUT2D eigenvalue weighted by atomic mass is 10.1. The number of piperazine rings is 1. The molecule has 9 heteroatoms. The van der Waals surface area contributed by atoms with E-state index in [1.165, 1.54) is 16.8 Å². The van der Waals surface area contributed by atoms with Gasteiger partial charge >= 0.3 is 0 Å². The summed E-state index contributed by atoms with van der Waals surface area (Å²) in [6, 6.07) is 24.5. The zero-order chi connectivity index (χ0) is 28.9. The van der Waals surface area contributed by atoms with Crippen LogP contribution in [0.3, 0.4) is 0 Å². The third kappa shape index (κ3) is 7.53. The summed E-state index contributed by atoms with van der Waals surface area (Å²) >= 11 is 0. The minimum atomic E-state index is -0.0494. The standard InChI is InChI=1S/C34H41N5O2.2ClH/c1-25-11-9-14-31(26(25)2)38-23-21-37(22-24-38)20-10-19-36(4)34(40)32-27(3)39(29-15-17-30(41-5)18-16-29)33(35-32)28-12-7-6-8-13-28;;/h6-9,11-18H,10,19-24H2,1-5H3;2*1H. The summed E-state index contributed by atoms with van der Waals surface area (Å²) in [4.78, 5) is 25.4. The van der Waals surface area contributed by atoms with Gasteiger partial charge in [-0.3, -0.25) is 14.3 Å². The Labute approximate surface area is 268 Å². The molecule has 0 atom stereocenters. The number of halogens is 2. The molecule has 0 unspecified atom stereocenters. The minimum absolute atomic E-state index is 0. The lowest BCUT2D eigenvalue weighted by molar-refractivity contribution is 0.0782. The SMILES string of the molecule is COc1ccc(-n2c(-c3ccccc3)nc(C(=O)N(C)CCCN3CCN(c4cccc(C)c4C)CC3)c2C)cc1.Cl.Cl. The quantitative estimate of drug-likeness (QED) is 0.210. The summed E-state index contributed by atoms with van der Waals surface area (Å²) in [7, 11) is 3.54. The van der Waals surface area contributed by atoms with Gasteiger partial charge in [0.25, 0.3) is 5.91 Å². The molecule has 3 aromatic carbocycles. The van der Waals surface area contributed by atoms with Crippen LogP contribution in [0.25, 0.3) is 17.1 Å². The number of nitrogens with zero attached hydrogens (tertiary/aromatic N) is 5. The van der Waals surface area contributed by atoms with Crippen LogP contribution in [0, 0.1) is 20.8 Å². The van der Waals surface area contributed by atoms with Crippen molar-refractivity contribution < 1.29 is 9.53 Å². The fourth-order valence-electron chi connectivity index (χ4n) is 5.64. The van der Waals surface area contributed by atoms with Gasteiger partial charge in [-0.15, -0.1) is 24.8 Å². The van der Waals surface area contributed by atoms with Gasteiger partial charge in [-0.05, 0) is 75.2 Å². The summed E-state index contributed by atoms with van der Waals surface area (Å²) in [5.74, 6) is 1.49. The Morgan fingerprint density at radius 2 is 1.56 bits per heavy atom. The zero-order valence-corrected chi connectivity index (χ0v) is 27.4. The van der Waals surface area contributed by atoms with Gasteiger partial charge in [0.2, 0.25) is 0 Å². The summed E-state index contributed by atoms with van der Waals surface area (Å²) in [5, 5.41) is 0. The van der Waals surface area contributed by atoms with Crippen molar-refractivity contribution in [1.82, 2.24) is 19.4 Å². The predicted octanol–water partition coefficient (Wildman–Crippen LogP) is 6.60. The molecule has 1 aliphatic heterocycles. The van der Waals surface area contributed by atoms with Gasteiger partial charge in [0.15, 0.2) is 0 Å². The summed E-state index contributed by atoms with van der Waals surface area (Å²) < 4.78 is 7.41. The number of benzene rings is 3. The third-order valence-corrected chi connectivity index (χ3v) is 8.28. The number of carbonyl (C=O) groups is 1. The van der Waals surface area contributed by atoms with E-state index < -0.39 is 0 Å². The second-order valence-electron chi connectivity index (χ2n) is 10.9. The molecule has 2 heterocycles. The first kappa shape index (κ1) is 34.0. The van der Waals surface area contributed by atoms with Crippen LogP contribution in [0.4, 0.5) is 5.69 Å². The normalized spacial score (nSPS) is 13.2. The Bertz CT molecular complexity index is 1480. The number of methoxy groups -OCH3 is 1. The Balaban J connectivity index is 0.00000253. The molecule has 1 aromatic heterocycles. The average molecular weight is 625 g/mol. The van der Waals surface area contributed by atoms with E-state index in [0.29, 0.717) is 12.2 Å². The van der Waals surface area contributed by atoms with Crippen LogP contribution in [-0.2, 0) is 0 Å². The maximum Gasteiger partial charge on any atom is 0.274 e. The lowest BCUT2D eigenvalue weighted by Crippen LogP contribution is -2.47. The first-order valence-corrected chi connectivity index (χ1v) is 14.5. The largest absolute Gasteiger partial charge is 0.497 e. The molecule has 0 saturated carbocycles. The summed E-state index contributed by atoms with van der Waals surface area (Å²) in [5.41, 5.74) is 7.30. The number of aromatic nitrogens is 2. The van der Waals surface area contributed by atoms with E-state index in [0.717, 1.165) is 67.7 Å². The number of hydrogen-bond donors (Lipinski definition) is 0. The molecular formula is C34H43Cl2N5O2. The fourth-order valence-corrected chi connectivity index (χ4v) is 5.64. The van der Waals surface area contributed by atoms with Crippen LogP contribution in [0.5, 0.6) is 5.75 Å². The number of aryl methyl sites for hydroxylation is 1. The second kappa shape index (κ2) is 15.3. The van der Waals surface area contributed by atoms with E-state index in [4.69, 9.17) is 9.72 Å². The van der Waals surface area contributed by atoms with Crippen molar-refractivity contribution in [3.8, 4) is 22.8 Å². The highest BCUT2D eigenvalue weighted by molar-refractivity contribution is 5.94. The molecule has 1 fully saturated rings. The molecular weight excluding hydrogens is 581 g/mol. The molecule has 0 spiro atoms. The van der Waals surface area contributed by atoms with Crippen LogP contribution >= 0.6 is 24.8 Å². The third-order valence-electron chi connectivity index (χ3n) is 8.28. The summed E-state index contributed by atoms with van der Waals surface area (Å²) in [6.07, 6.45) is 0.926. The van der Waals surface area contributed by atoms with Crippen LogP contribution in [-0.4, -0.2) is 78.7 Å². The number of ether oxygens (including phenoxy) is 1.